The number of aromatic amines is 2. The molecule has 8 heteroatoms. The number of carbonyl (C=O) groups is 1. The van der Waals surface area contributed by atoms with Crippen molar-refractivity contribution in [1.82, 2.24) is 25.1 Å². The molecule has 0 fully saturated rings. The van der Waals surface area contributed by atoms with E-state index in [1.54, 1.807) is 12.3 Å². The average Bonchev–Trinajstić information content (AvgIpc) is 2.83. The van der Waals surface area contributed by atoms with Gasteiger partial charge in [-0.2, -0.15) is 5.10 Å². The van der Waals surface area contributed by atoms with Crippen molar-refractivity contribution in [3.8, 4) is 0 Å². The molecule has 0 bridgehead atoms. The summed E-state index contributed by atoms with van der Waals surface area (Å²) in [6, 6.07) is 2.91. The molecule has 2 heterocycles. The molecule has 1 amide bonds. The molecule has 0 radical (unpaired) electrons. The Labute approximate surface area is 101 Å². The molecule has 94 valence electrons. The Hall–Kier alpha value is -2.64. The number of aromatic nitrogens is 4. The van der Waals surface area contributed by atoms with Crippen LogP contribution in [0.3, 0.4) is 0 Å². The van der Waals surface area contributed by atoms with Gasteiger partial charge in [-0.15, -0.1) is 0 Å². The third kappa shape index (κ3) is 2.94. The van der Waals surface area contributed by atoms with Crippen LogP contribution in [-0.4, -0.2) is 25.7 Å². The van der Waals surface area contributed by atoms with E-state index < -0.39 is 11.2 Å². The lowest BCUT2D eigenvalue weighted by Crippen LogP contribution is -2.35. The van der Waals surface area contributed by atoms with E-state index in [-0.39, 0.29) is 12.5 Å². The molecular weight excluding hydrogens is 238 g/mol. The maximum Gasteiger partial charge on any atom is 0.328 e. The van der Waals surface area contributed by atoms with Crippen LogP contribution in [0.5, 0.6) is 0 Å². The smallest absolute Gasteiger partial charge is 0.328 e. The fraction of sp³-hybridized carbons (Fsp3) is 0.200. The van der Waals surface area contributed by atoms with Crippen molar-refractivity contribution in [3.63, 3.8) is 0 Å². The van der Waals surface area contributed by atoms with Crippen molar-refractivity contribution in [2.24, 2.45) is 0 Å². The third-order valence-corrected chi connectivity index (χ3v) is 2.25. The molecule has 0 atom stereocenters. The first kappa shape index (κ1) is 11.8. The fourth-order valence-electron chi connectivity index (χ4n) is 1.36. The normalized spacial score (nSPS) is 10.2. The van der Waals surface area contributed by atoms with Crippen LogP contribution in [0, 0.1) is 0 Å². The SMILES string of the molecule is O=C(Cn1ccc(=O)[nH]c1=O)NCc1ccn[nH]1. The van der Waals surface area contributed by atoms with Gasteiger partial charge in [-0.3, -0.25) is 24.2 Å². The van der Waals surface area contributed by atoms with E-state index in [0.717, 1.165) is 10.3 Å². The zero-order valence-corrected chi connectivity index (χ0v) is 9.34. The minimum Gasteiger partial charge on any atom is -0.349 e. The predicted octanol–water partition coefficient (Wildman–Crippen LogP) is -1.42. The first-order chi connectivity index (χ1) is 8.65. The number of carbonyl (C=O) groups excluding carboxylic acids is 1. The Bertz CT molecular complexity index is 640. The number of rotatable bonds is 4. The molecule has 3 N–H and O–H groups in total. The Kier molecular flexibility index (Phi) is 3.37. The third-order valence-electron chi connectivity index (χ3n) is 2.25. The Balaban J connectivity index is 1.95. The van der Waals surface area contributed by atoms with Crippen molar-refractivity contribution in [2.45, 2.75) is 13.1 Å². The first-order valence-electron chi connectivity index (χ1n) is 5.20. The summed E-state index contributed by atoms with van der Waals surface area (Å²) in [6.07, 6.45) is 2.85. The molecule has 8 nitrogen and oxygen atoms in total. The number of nitrogens with zero attached hydrogens (tertiary/aromatic N) is 2. The van der Waals surface area contributed by atoms with E-state index in [0.29, 0.717) is 6.54 Å². The molecule has 0 aliphatic heterocycles. The molecule has 0 unspecified atom stereocenters. The number of nitrogens with one attached hydrogen (secondary N) is 3. The van der Waals surface area contributed by atoms with Crippen LogP contribution in [-0.2, 0) is 17.9 Å². The van der Waals surface area contributed by atoms with Gasteiger partial charge >= 0.3 is 5.69 Å². The summed E-state index contributed by atoms with van der Waals surface area (Å²) in [5.74, 6) is -0.334. The van der Waals surface area contributed by atoms with Crippen molar-refractivity contribution < 1.29 is 4.79 Å². The highest BCUT2D eigenvalue weighted by Crippen LogP contribution is 1.89. The van der Waals surface area contributed by atoms with E-state index in [4.69, 9.17) is 0 Å². The second kappa shape index (κ2) is 5.13. The zero-order chi connectivity index (χ0) is 13.0. The molecule has 2 aromatic rings. The summed E-state index contributed by atoms with van der Waals surface area (Å²) in [7, 11) is 0. The van der Waals surface area contributed by atoms with Crippen LogP contribution < -0.4 is 16.6 Å². The van der Waals surface area contributed by atoms with Crippen molar-refractivity contribution in [2.75, 3.05) is 0 Å². The van der Waals surface area contributed by atoms with Gasteiger partial charge in [0.05, 0.1) is 12.2 Å². The largest absolute Gasteiger partial charge is 0.349 e. The van der Waals surface area contributed by atoms with Crippen LogP contribution in [0.1, 0.15) is 5.69 Å². The maximum absolute atomic E-state index is 11.5. The highest BCUT2D eigenvalue weighted by Gasteiger charge is 2.04. The van der Waals surface area contributed by atoms with Gasteiger partial charge in [0.2, 0.25) is 5.91 Å². The minimum atomic E-state index is -0.612. The lowest BCUT2D eigenvalue weighted by atomic mass is 10.4. The van der Waals surface area contributed by atoms with Gasteiger partial charge < -0.3 is 5.32 Å². The summed E-state index contributed by atoms with van der Waals surface area (Å²) < 4.78 is 1.11. The molecule has 2 aromatic heterocycles. The Morgan fingerprint density at radius 2 is 2.22 bits per heavy atom. The van der Waals surface area contributed by atoms with Crippen molar-refractivity contribution >= 4 is 5.91 Å². The van der Waals surface area contributed by atoms with Gasteiger partial charge in [0.1, 0.15) is 6.54 Å². The lowest BCUT2D eigenvalue weighted by Gasteiger charge is -2.05. The van der Waals surface area contributed by atoms with Gasteiger partial charge in [0.15, 0.2) is 0 Å². The number of amides is 1. The maximum atomic E-state index is 11.5. The molecule has 0 saturated carbocycles. The molecular formula is C10H11N5O3. The van der Waals surface area contributed by atoms with Crippen LogP contribution in [0.4, 0.5) is 0 Å². The highest BCUT2D eigenvalue weighted by molar-refractivity contribution is 5.75. The number of H-pyrrole nitrogens is 2. The topological polar surface area (TPSA) is 113 Å². The van der Waals surface area contributed by atoms with Crippen molar-refractivity contribution in [1.29, 1.82) is 0 Å². The van der Waals surface area contributed by atoms with Gasteiger partial charge in [-0.1, -0.05) is 0 Å². The van der Waals surface area contributed by atoms with Crippen molar-refractivity contribution in [3.05, 3.63) is 51.1 Å². The summed E-state index contributed by atoms with van der Waals surface area (Å²) >= 11 is 0. The molecule has 0 saturated heterocycles. The Morgan fingerprint density at radius 1 is 1.39 bits per heavy atom. The quantitative estimate of drug-likeness (QED) is 0.617. The van der Waals surface area contributed by atoms with E-state index in [9.17, 15) is 14.4 Å². The van der Waals surface area contributed by atoms with Gasteiger partial charge in [-0.25, -0.2) is 4.79 Å². The molecule has 18 heavy (non-hydrogen) atoms. The van der Waals surface area contributed by atoms with Crippen LogP contribution >= 0.6 is 0 Å². The molecule has 2 rings (SSSR count). The monoisotopic (exact) mass is 249 g/mol. The van der Waals surface area contributed by atoms with E-state index in [1.165, 1.54) is 12.3 Å². The van der Waals surface area contributed by atoms with Gasteiger partial charge in [0, 0.05) is 18.5 Å². The lowest BCUT2D eigenvalue weighted by molar-refractivity contribution is -0.121. The summed E-state index contributed by atoms with van der Waals surface area (Å²) in [5.41, 5.74) is -0.342. The van der Waals surface area contributed by atoms with Gasteiger partial charge in [0.25, 0.3) is 5.56 Å². The molecule has 0 aliphatic rings. The molecule has 0 aromatic carbocycles. The molecule has 0 aliphatic carbocycles. The summed E-state index contributed by atoms with van der Waals surface area (Å²) in [4.78, 5) is 35.8. The standard InChI is InChI=1S/C10H11N5O3/c16-8-2-4-15(10(18)13-8)6-9(17)11-5-7-1-3-12-14-7/h1-4H,5-6H2,(H,11,17)(H,12,14)(H,13,16,18). The van der Waals surface area contributed by atoms with Crippen LogP contribution in [0.15, 0.2) is 34.1 Å². The van der Waals surface area contributed by atoms with Crippen LogP contribution in [0.2, 0.25) is 0 Å². The van der Waals surface area contributed by atoms with E-state index >= 15 is 0 Å². The van der Waals surface area contributed by atoms with Crippen LogP contribution in [0.25, 0.3) is 0 Å². The Morgan fingerprint density at radius 3 is 2.89 bits per heavy atom. The second-order valence-corrected chi connectivity index (χ2v) is 3.60. The summed E-state index contributed by atoms with van der Waals surface area (Å²) in [5, 5.41) is 9.04. The average molecular weight is 249 g/mol. The number of hydrogen-bond acceptors (Lipinski definition) is 4. The fourth-order valence-corrected chi connectivity index (χ4v) is 1.36. The van der Waals surface area contributed by atoms with Gasteiger partial charge in [-0.05, 0) is 6.07 Å². The number of hydrogen-bond donors (Lipinski definition) is 3. The molecule has 0 spiro atoms. The highest BCUT2D eigenvalue weighted by atomic mass is 16.2. The predicted molar refractivity (Wildman–Crippen MR) is 61.8 cm³/mol. The second-order valence-electron chi connectivity index (χ2n) is 3.60. The van der Waals surface area contributed by atoms with E-state index in [2.05, 4.69) is 20.5 Å². The minimum absolute atomic E-state index is 0.149. The van der Waals surface area contributed by atoms with E-state index in [1.807, 2.05) is 0 Å². The zero-order valence-electron chi connectivity index (χ0n) is 9.34. The summed E-state index contributed by atoms with van der Waals surface area (Å²) in [6.45, 7) is 0.153. The first-order valence-corrected chi connectivity index (χ1v) is 5.20.